The van der Waals surface area contributed by atoms with Gasteiger partial charge in [-0.15, -0.1) is 0 Å². The van der Waals surface area contributed by atoms with E-state index in [1.165, 1.54) is 12.1 Å². The van der Waals surface area contributed by atoms with E-state index in [-0.39, 0.29) is 5.82 Å². The van der Waals surface area contributed by atoms with Crippen molar-refractivity contribution < 1.29 is 9.13 Å². The smallest absolute Gasteiger partial charge is 0.126 e. The van der Waals surface area contributed by atoms with E-state index in [4.69, 9.17) is 10.3 Å². The molecule has 0 radical (unpaired) electrons. The van der Waals surface area contributed by atoms with Crippen molar-refractivity contribution in [1.29, 1.82) is 0 Å². The van der Waals surface area contributed by atoms with Crippen LogP contribution in [0, 0.1) is 5.82 Å². The number of hydrogen-bond acceptors (Lipinski definition) is 2. The lowest BCUT2D eigenvalue weighted by Crippen LogP contribution is -1.97. The summed E-state index contributed by atoms with van der Waals surface area (Å²) in [6.45, 7) is 1.15. The molecular weight excluding hydrogens is 221 g/mol. The van der Waals surface area contributed by atoms with Gasteiger partial charge in [0.25, 0.3) is 0 Å². The molecule has 0 amide bonds. The number of hydrogen-bond donors (Lipinski definition) is 0. The number of unbranched alkanes of at least 4 members (excludes halogenated alkanes) is 3. The molecule has 0 unspecified atom stereocenters. The second-order valence-electron chi connectivity index (χ2n) is 3.67. The Balaban J connectivity index is 2.02. The maximum Gasteiger partial charge on any atom is 0.126 e. The summed E-state index contributed by atoms with van der Waals surface area (Å²) in [5, 5.41) is 3.45. The van der Waals surface area contributed by atoms with E-state index in [0.29, 0.717) is 18.9 Å². The Hall–Kier alpha value is -1.74. The Morgan fingerprint density at radius 3 is 2.82 bits per heavy atom. The van der Waals surface area contributed by atoms with E-state index in [1.54, 1.807) is 12.1 Å². The molecule has 0 bridgehead atoms. The fourth-order valence-electron chi connectivity index (χ4n) is 1.43. The first-order chi connectivity index (χ1) is 8.33. The largest absolute Gasteiger partial charge is 0.493 e. The van der Waals surface area contributed by atoms with Crippen LogP contribution in [0.1, 0.15) is 25.7 Å². The van der Waals surface area contributed by atoms with E-state index >= 15 is 0 Å². The maximum absolute atomic E-state index is 12.8. The Morgan fingerprint density at radius 2 is 2.06 bits per heavy atom. The number of benzene rings is 1. The molecule has 1 rings (SSSR count). The molecule has 0 aliphatic heterocycles. The van der Waals surface area contributed by atoms with Gasteiger partial charge in [0.2, 0.25) is 0 Å². The van der Waals surface area contributed by atoms with Crippen LogP contribution < -0.4 is 4.74 Å². The third-order valence-electron chi connectivity index (χ3n) is 2.28. The van der Waals surface area contributed by atoms with Crippen molar-refractivity contribution in [2.75, 3.05) is 13.2 Å². The van der Waals surface area contributed by atoms with Crippen molar-refractivity contribution in [2.45, 2.75) is 25.7 Å². The minimum Gasteiger partial charge on any atom is -0.493 e. The summed E-state index contributed by atoms with van der Waals surface area (Å²) in [5.41, 5.74) is 8.06. The summed E-state index contributed by atoms with van der Waals surface area (Å²) in [7, 11) is 0. The first-order valence-corrected chi connectivity index (χ1v) is 5.72. The van der Waals surface area contributed by atoms with Gasteiger partial charge < -0.3 is 4.74 Å². The predicted molar refractivity (Wildman–Crippen MR) is 64.4 cm³/mol. The Bertz CT molecular complexity index is 378. The lowest BCUT2D eigenvalue weighted by atomic mass is 10.2. The molecule has 17 heavy (non-hydrogen) atoms. The van der Waals surface area contributed by atoms with Crippen molar-refractivity contribution in [3.8, 4) is 5.75 Å². The van der Waals surface area contributed by atoms with Crippen LogP contribution in [-0.2, 0) is 0 Å². The van der Waals surface area contributed by atoms with Gasteiger partial charge in [-0.25, -0.2) is 4.39 Å². The summed E-state index contributed by atoms with van der Waals surface area (Å²) in [6.07, 6.45) is 3.87. The van der Waals surface area contributed by atoms with Crippen LogP contribution in [0.5, 0.6) is 5.75 Å². The third-order valence-corrected chi connectivity index (χ3v) is 2.28. The number of ether oxygens (including phenoxy) is 1. The highest BCUT2D eigenvalue weighted by molar-refractivity contribution is 5.22. The average Bonchev–Trinajstić information content (AvgIpc) is 2.33. The highest BCUT2D eigenvalue weighted by Gasteiger charge is 1.95. The molecule has 0 saturated carbocycles. The van der Waals surface area contributed by atoms with Gasteiger partial charge in [-0.1, -0.05) is 24.0 Å². The molecule has 0 aromatic heterocycles. The van der Waals surface area contributed by atoms with Crippen LogP contribution >= 0.6 is 0 Å². The minimum atomic E-state index is -0.281. The highest BCUT2D eigenvalue weighted by Crippen LogP contribution is 2.12. The fourth-order valence-corrected chi connectivity index (χ4v) is 1.43. The van der Waals surface area contributed by atoms with Gasteiger partial charge in [-0.05, 0) is 30.5 Å². The molecule has 1 aromatic carbocycles. The zero-order valence-corrected chi connectivity index (χ0v) is 9.68. The molecule has 4 nitrogen and oxygen atoms in total. The van der Waals surface area contributed by atoms with Crippen LogP contribution in [0.25, 0.3) is 10.4 Å². The number of rotatable bonds is 8. The number of nitrogens with zero attached hydrogens (tertiary/aromatic N) is 3. The molecule has 0 saturated heterocycles. The Morgan fingerprint density at radius 1 is 1.24 bits per heavy atom. The van der Waals surface area contributed by atoms with Crippen molar-refractivity contribution in [3.63, 3.8) is 0 Å². The average molecular weight is 237 g/mol. The lowest BCUT2D eigenvalue weighted by Gasteiger charge is -2.05. The van der Waals surface area contributed by atoms with Crippen LogP contribution in [0.3, 0.4) is 0 Å². The summed E-state index contributed by atoms with van der Waals surface area (Å²) >= 11 is 0. The molecule has 5 heteroatoms. The van der Waals surface area contributed by atoms with Crippen LogP contribution in [0.4, 0.5) is 4.39 Å². The normalized spacial score (nSPS) is 9.71. The third kappa shape index (κ3) is 6.43. The second-order valence-corrected chi connectivity index (χ2v) is 3.67. The molecule has 0 aliphatic carbocycles. The monoisotopic (exact) mass is 237 g/mol. The lowest BCUT2D eigenvalue weighted by molar-refractivity contribution is 0.303. The van der Waals surface area contributed by atoms with Gasteiger partial charge in [0, 0.05) is 17.5 Å². The predicted octanol–water partition coefficient (Wildman–Crippen LogP) is 4.08. The first-order valence-electron chi connectivity index (χ1n) is 5.72. The van der Waals surface area contributed by atoms with Crippen LogP contribution in [0.2, 0.25) is 0 Å². The topological polar surface area (TPSA) is 58.0 Å². The van der Waals surface area contributed by atoms with E-state index in [1.807, 2.05) is 0 Å². The second kappa shape index (κ2) is 8.42. The van der Waals surface area contributed by atoms with Crippen LogP contribution in [0.15, 0.2) is 29.4 Å². The maximum atomic E-state index is 12.8. The van der Waals surface area contributed by atoms with Crippen molar-refractivity contribution in [2.24, 2.45) is 5.11 Å². The van der Waals surface area contributed by atoms with Gasteiger partial charge in [0.1, 0.15) is 11.6 Å². The highest BCUT2D eigenvalue weighted by atomic mass is 19.1. The zero-order valence-electron chi connectivity index (χ0n) is 9.68. The van der Waals surface area contributed by atoms with E-state index in [0.717, 1.165) is 25.7 Å². The van der Waals surface area contributed by atoms with Crippen molar-refractivity contribution in [1.82, 2.24) is 0 Å². The van der Waals surface area contributed by atoms with Gasteiger partial charge in [-0.3, -0.25) is 0 Å². The Labute approximate surface area is 100 Å². The standard InChI is InChI=1S/C12H16FN3O/c13-11-6-5-7-12(10-11)17-9-4-2-1-3-8-15-16-14/h5-7,10H,1-4,8-9H2. The van der Waals surface area contributed by atoms with E-state index in [9.17, 15) is 4.39 Å². The van der Waals surface area contributed by atoms with Gasteiger partial charge in [0.15, 0.2) is 0 Å². The van der Waals surface area contributed by atoms with E-state index < -0.39 is 0 Å². The van der Waals surface area contributed by atoms with Gasteiger partial charge in [-0.2, -0.15) is 0 Å². The molecule has 0 atom stereocenters. The van der Waals surface area contributed by atoms with Crippen molar-refractivity contribution >= 4 is 0 Å². The van der Waals surface area contributed by atoms with Gasteiger partial charge in [0.05, 0.1) is 6.61 Å². The van der Waals surface area contributed by atoms with Crippen molar-refractivity contribution in [3.05, 3.63) is 40.5 Å². The summed E-state index contributed by atoms with van der Waals surface area (Å²) in [5.74, 6) is 0.288. The van der Waals surface area contributed by atoms with Crippen LogP contribution in [-0.4, -0.2) is 13.2 Å². The summed E-state index contributed by atoms with van der Waals surface area (Å²) in [6, 6.07) is 6.14. The molecule has 1 aromatic rings. The molecule has 0 aliphatic rings. The molecule has 0 spiro atoms. The molecule has 0 fully saturated rings. The molecular formula is C12H16FN3O. The molecule has 92 valence electrons. The van der Waals surface area contributed by atoms with E-state index in [2.05, 4.69) is 10.0 Å². The zero-order chi connectivity index (χ0) is 12.3. The Kier molecular flexibility index (Phi) is 6.60. The summed E-state index contributed by atoms with van der Waals surface area (Å²) in [4.78, 5) is 2.68. The number of azide groups is 1. The first kappa shape index (κ1) is 13.3. The summed E-state index contributed by atoms with van der Waals surface area (Å²) < 4.78 is 18.2. The molecule has 0 N–H and O–H groups in total. The molecule has 0 heterocycles. The van der Waals surface area contributed by atoms with Gasteiger partial charge >= 0.3 is 0 Å². The SMILES string of the molecule is [N-]=[N+]=NCCCCCCOc1cccc(F)c1. The minimum absolute atomic E-state index is 0.281. The fraction of sp³-hybridized carbons (Fsp3) is 0.500. The number of halogens is 1. The quantitative estimate of drug-likeness (QED) is 0.291.